The van der Waals surface area contributed by atoms with Crippen LogP contribution in [0.1, 0.15) is 38.2 Å². The molecule has 0 atom stereocenters. The number of rotatable bonds is 2. The Morgan fingerprint density at radius 2 is 1.36 bits per heavy atom. The smallest absolute Gasteiger partial charge is 0.230 e. The summed E-state index contributed by atoms with van der Waals surface area (Å²) in [6.45, 7) is 4.86. The van der Waals surface area contributed by atoms with Crippen LogP contribution in [0, 0.1) is 11.8 Å². The lowest BCUT2D eigenvalue weighted by Gasteiger charge is -2.37. The van der Waals surface area contributed by atoms with Crippen molar-refractivity contribution in [2.24, 2.45) is 11.8 Å². The maximum atomic E-state index is 13.0. The number of anilines is 1. The lowest BCUT2D eigenvalue weighted by Crippen LogP contribution is -2.52. The van der Waals surface area contributed by atoms with Gasteiger partial charge < -0.3 is 14.7 Å². The lowest BCUT2D eigenvalue weighted by molar-refractivity contribution is -0.142. The number of carbonyl (C=O) groups is 3. The molecule has 6 nitrogen and oxygen atoms in total. The zero-order valence-corrected chi connectivity index (χ0v) is 16.6. The molecule has 0 bridgehead atoms. The van der Waals surface area contributed by atoms with Crippen LogP contribution in [-0.2, 0) is 20.8 Å². The van der Waals surface area contributed by atoms with Crippen LogP contribution in [0.15, 0.2) is 24.3 Å². The van der Waals surface area contributed by atoms with Gasteiger partial charge in [0.05, 0.1) is 0 Å². The predicted molar refractivity (Wildman–Crippen MR) is 107 cm³/mol. The van der Waals surface area contributed by atoms with E-state index in [0.717, 1.165) is 44.3 Å². The largest absolute Gasteiger partial charge is 0.339 e. The molecule has 1 saturated carbocycles. The van der Waals surface area contributed by atoms with Crippen LogP contribution in [-0.4, -0.2) is 60.2 Å². The molecule has 1 saturated heterocycles. The maximum absolute atomic E-state index is 13.0. The zero-order chi connectivity index (χ0) is 19.7. The Bertz CT molecular complexity index is 762. The van der Waals surface area contributed by atoms with Crippen LogP contribution in [0.5, 0.6) is 0 Å². The van der Waals surface area contributed by atoms with Crippen molar-refractivity contribution < 1.29 is 14.4 Å². The van der Waals surface area contributed by atoms with Crippen molar-refractivity contribution in [3.63, 3.8) is 0 Å². The lowest BCUT2D eigenvalue weighted by atomic mass is 9.80. The molecule has 3 amide bonds. The highest BCUT2D eigenvalue weighted by Gasteiger charge is 2.36. The minimum atomic E-state index is 0.0267. The van der Waals surface area contributed by atoms with Gasteiger partial charge in [-0.15, -0.1) is 0 Å². The number of para-hydroxylation sites is 1. The van der Waals surface area contributed by atoms with Crippen molar-refractivity contribution in [2.45, 2.75) is 39.0 Å². The van der Waals surface area contributed by atoms with E-state index in [4.69, 9.17) is 0 Å². The fraction of sp³-hybridized carbons (Fsp3) is 0.591. The van der Waals surface area contributed by atoms with Crippen LogP contribution in [0.4, 0.5) is 5.69 Å². The predicted octanol–water partition coefficient (Wildman–Crippen LogP) is 2.07. The summed E-state index contributed by atoms with van der Waals surface area (Å²) >= 11 is 0. The number of hydrogen-bond donors (Lipinski definition) is 0. The first kappa shape index (κ1) is 19.0. The Kier molecular flexibility index (Phi) is 5.38. The molecule has 1 aromatic rings. The Balaban J connectivity index is 1.30. The Labute approximate surface area is 166 Å². The average molecular weight is 383 g/mol. The van der Waals surface area contributed by atoms with Gasteiger partial charge in [0.2, 0.25) is 17.7 Å². The van der Waals surface area contributed by atoms with Crippen molar-refractivity contribution >= 4 is 23.4 Å². The van der Waals surface area contributed by atoms with Crippen molar-refractivity contribution in [3.05, 3.63) is 29.8 Å². The number of fused-ring (bicyclic) bond motifs is 1. The van der Waals surface area contributed by atoms with Crippen LogP contribution >= 0.6 is 0 Å². The minimum Gasteiger partial charge on any atom is -0.339 e. The fourth-order valence-electron chi connectivity index (χ4n) is 4.87. The van der Waals surface area contributed by atoms with E-state index in [1.807, 2.05) is 28.0 Å². The monoisotopic (exact) mass is 383 g/mol. The molecule has 1 aromatic carbocycles. The van der Waals surface area contributed by atoms with E-state index in [0.29, 0.717) is 26.2 Å². The molecule has 0 aromatic heterocycles. The third-order valence-electron chi connectivity index (χ3n) is 6.62. The van der Waals surface area contributed by atoms with Crippen LogP contribution in [0.2, 0.25) is 0 Å². The van der Waals surface area contributed by atoms with E-state index < -0.39 is 0 Å². The van der Waals surface area contributed by atoms with Gasteiger partial charge in [-0.25, -0.2) is 0 Å². The number of amides is 3. The molecule has 2 aliphatic heterocycles. The van der Waals surface area contributed by atoms with Crippen molar-refractivity contribution in [3.8, 4) is 0 Å². The average Bonchev–Trinajstić information content (AvgIpc) is 3.17. The van der Waals surface area contributed by atoms with Crippen LogP contribution in [0.25, 0.3) is 0 Å². The standard InChI is InChI=1S/C22H29N3O3/c1-16(26)23-12-14-24(15-13-23)21(27)18-6-8-19(9-7-18)22(28)25-11-10-17-4-2-3-5-20(17)25/h2-5,18-19H,6-15H2,1H3. The van der Waals surface area contributed by atoms with Gasteiger partial charge in [-0.2, -0.15) is 0 Å². The number of hydrogen-bond acceptors (Lipinski definition) is 3. The highest BCUT2D eigenvalue weighted by atomic mass is 16.2. The normalized spacial score (nSPS) is 24.8. The quantitative estimate of drug-likeness (QED) is 0.786. The fourth-order valence-corrected chi connectivity index (χ4v) is 4.87. The van der Waals surface area contributed by atoms with Crippen LogP contribution in [0.3, 0.4) is 0 Å². The number of benzene rings is 1. The highest BCUT2D eigenvalue weighted by molar-refractivity contribution is 5.97. The molecule has 0 radical (unpaired) electrons. The molecule has 150 valence electrons. The molecular formula is C22H29N3O3. The first-order chi connectivity index (χ1) is 13.5. The van der Waals surface area contributed by atoms with Gasteiger partial charge >= 0.3 is 0 Å². The molecule has 0 unspecified atom stereocenters. The van der Waals surface area contributed by atoms with Gasteiger partial charge in [0.1, 0.15) is 0 Å². The van der Waals surface area contributed by atoms with Gasteiger partial charge in [-0.05, 0) is 43.7 Å². The second kappa shape index (κ2) is 7.94. The number of carbonyl (C=O) groups excluding carboxylic acids is 3. The molecule has 0 N–H and O–H groups in total. The summed E-state index contributed by atoms with van der Waals surface area (Å²) in [5, 5.41) is 0. The molecule has 0 spiro atoms. The Hall–Kier alpha value is -2.37. The SMILES string of the molecule is CC(=O)N1CCN(C(=O)C2CCC(C(=O)N3CCc4ccccc43)CC2)CC1. The summed E-state index contributed by atoms with van der Waals surface area (Å²) in [5.41, 5.74) is 2.32. The molecule has 2 fully saturated rings. The molecular weight excluding hydrogens is 354 g/mol. The van der Waals surface area contributed by atoms with Gasteiger partial charge in [0.15, 0.2) is 0 Å². The van der Waals surface area contributed by atoms with Crippen molar-refractivity contribution in [1.29, 1.82) is 0 Å². The third kappa shape index (κ3) is 3.64. The Morgan fingerprint density at radius 1 is 0.786 bits per heavy atom. The molecule has 1 aliphatic carbocycles. The molecule has 28 heavy (non-hydrogen) atoms. The molecule has 2 heterocycles. The summed E-state index contributed by atoms with van der Waals surface area (Å²) in [6, 6.07) is 8.16. The van der Waals surface area contributed by atoms with Crippen molar-refractivity contribution in [2.75, 3.05) is 37.6 Å². The van der Waals surface area contributed by atoms with Gasteiger partial charge in [-0.3, -0.25) is 14.4 Å². The highest BCUT2D eigenvalue weighted by Crippen LogP contribution is 2.35. The first-order valence-corrected chi connectivity index (χ1v) is 10.5. The van der Waals surface area contributed by atoms with E-state index in [1.54, 1.807) is 11.8 Å². The van der Waals surface area contributed by atoms with E-state index >= 15 is 0 Å². The summed E-state index contributed by atoms with van der Waals surface area (Å²) in [4.78, 5) is 43.0. The van der Waals surface area contributed by atoms with E-state index in [1.165, 1.54) is 5.56 Å². The van der Waals surface area contributed by atoms with Crippen LogP contribution < -0.4 is 4.90 Å². The maximum Gasteiger partial charge on any atom is 0.230 e. The van der Waals surface area contributed by atoms with Gasteiger partial charge in [-0.1, -0.05) is 18.2 Å². The van der Waals surface area contributed by atoms with E-state index in [9.17, 15) is 14.4 Å². The summed E-state index contributed by atoms with van der Waals surface area (Å²) in [5.74, 6) is 0.574. The van der Waals surface area contributed by atoms with Crippen molar-refractivity contribution in [1.82, 2.24) is 9.80 Å². The summed E-state index contributed by atoms with van der Waals surface area (Å²) in [6.07, 6.45) is 4.10. The number of nitrogens with zero attached hydrogens (tertiary/aromatic N) is 3. The molecule has 3 aliphatic rings. The van der Waals surface area contributed by atoms with Gasteiger partial charge in [0.25, 0.3) is 0 Å². The second-order valence-corrected chi connectivity index (χ2v) is 8.25. The minimum absolute atomic E-state index is 0.0267. The molecule has 6 heteroatoms. The third-order valence-corrected chi connectivity index (χ3v) is 6.62. The van der Waals surface area contributed by atoms with E-state index in [2.05, 4.69) is 6.07 Å². The first-order valence-electron chi connectivity index (χ1n) is 10.5. The zero-order valence-electron chi connectivity index (χ0n) is 16.6. The Morgan fingerprint density at radius 3 is 2.00 bits per heavy atom. The number of piperazine rings is 1. The van der Waals surface area contributed by atoms with Gasteiger partial charge in [0, 0.05) is 57.2 Å². The summed E-state index contributed by atoms with van der Waals surface area (Å²) < 4.78 is 0. The molecule has 4 rings (SSSR count). The van der Waals surface area contributed by atoms with E-state index in [-0.39, 0.29) is 29.6 Å². The summed E-state index contributed by atoms with van der Waals surface area (Å²) in [7, 11) is 0. The topological polar surface area (TPSA) is 60.9 Å². The second-order valence-electron chi connectivity index (χ2n) is 8.25.